The Morgan fingerprint density at radius 3 is 2.62 bits per heavy atom. The van der Waals surface area contributed by atoms with Crippen molar-refractivity contribution < 1.29 is 14.3 Å². The highest BCUT2D eigenvalue weighted by Crippen LogP contribution is 2.34. The summed E-state index contributed by atoms with van der Waals surface area (Å²) in [4.78, 5) is 12.2. The number of carbonyl (C=O) groups excluding carboxylic acids is 1. The first-order valence-corrected chi connectivity index (χ1v) is 7.60. The van der Waals surface area contributed by atoms with Gasteiger partial charge in [0, 0.05) is 17.8 Å². The molecule has 1 heterocycles. The first-order valence-electron chi connectivity index (χ1n) is 7.60. The molecule has 1 saturated carbocycles. The van der Waals surface area contributed by atoms with Gasteiger partial charge < -0.3 is 20.1 Å². The van der Waals surface area contributed by atoms with Crippen LogP contribution in [0.4, 0.5) is 10.5 Å². The SMILES string of the molecule is CC1CCCC(C)C1NC(=O)Nc1ccc2c(c1)OCO2. The molecule has 2 aliphatic rings. The van der Waals surface area contributed by atoms with E-state index in [2.05, 4.69) is 24.5 Å². The molecule has 1 aromatic rings. The number of nitrogens with one attached hydrogen (secondary N) is 2. The van der Waals surface area contributed by atoms with Gasteiger partial charge in [0.2, 0.25) is 6.79 Å². The summed E-state index contributed by atoms with van der Waals surface area (Å²) in [5.74, 6) is 2.44. The number of ether oxygens (including phenoxy) is 2. The highest BCUT2D eigenvalue weighted by Gasteiger charge is 2.29. The van der Waals surface area contributed by atoms with Crippen molar-refractivity contribution in [1.29, 1.82) is 0 Å². The van der Waals surface area contributed by atoms with E-state index in [4.69, 9.17) is 9.47 Å². The lowest BCUT2D eigenvalue weighted by molar-refractivity contribution is 0.174. The van der Waals surface area contributed by atoms with Crippen LogP contribution in [0.3, 0.4) is 0 Å². The van der Waals surface area contributed by atoms with E-state index in [0.717, 1.165) is 5.75 Å². The predicted molar refractivity (Wildman–Crippen MR) is 80.7 cm³/mol. The van der Waals surface area contributed by atoms with Gasteiger partial charge in [-0.3, -0.25) is 0 Å². The highest BCUT2D eigenvalue weighted by atomic mass is 16.7. The van der Waals surface area contributed by atoms with E-state index < -0.39 is 0 Å². The molecule has 2 unspecified atom stereocenters. The second kappa shape index (κ2) is 5.84. The van der Waals surface area contributed by atoms with Crippen LogP contribution in [0.25, 0.3) is 0 Å². The van der Waals surface area contributed by atoms with Gasteiger partial charge in [-0.15, -0.1) is 0 Å². The molecule has 0 aromatic heterocycles. The molecule has 0 spiro atoms. The van der Waals surface area contributed by atoms with Crippen LogP contribution in [0.15, 0.2) is 18.2 Å². The molecule has 0 bridgehead atoms. The van der Waals surface area contributed by atoms with Crippen molar-refractivity contribution >= 4 is 11.7 Å². The minimum absolute atomic E-state index is 0.153. The number of amides is 2. The van der Waals surface area contributed by atoms with Crippen LogP contribution in [-0.4, -0.2) is 18.9 Å². The van der Waals surface area contributed by atoms with Crippen molar-refractivity contribution in [2.45, 2.75) is 39.2 Å². The van der Waals surface area contributed by atoms with E-state index in [1.54, 1.807) is 6.07 Å². The summed E-state index contributed by atoms with van der Waals surface area (Å²) >= 11 is 0. The lowest BCUT2D eigenvalue weighted by atomic mass is 9.79. The molecule has 1 fully saturated rings. The monoisotopic (exact) mass is 290 g/mol. The summed E-state index contributed by atoms with van der Waals surface area (Å²) in [6, 6.07) is 5.51. The molecule has 114 valence electrons. The van der Waals surface area contributed by atoms with Gasteiger partial charge in [-0.25, -0.2) is 4.79 Å². The average molecular weight is 290 g/mol. The zero-order chi connectivity index (χ0) is 14.8. The zero-order valence-electron chi connectivity index (χ0n) is 12.5. The molecular formula is C16H22N2O3. The molecule has 1 aliphatic heterocycles. The number of benzene rings is 1. The van der Waals surface area contributed by atoms with Crippen LogP contribution < -0.4 is 20.1 Å². The Hall–Kier alpha value is -1.91. The van der Waals surface area contributed by atoms with Crippen molar-refractivity contribution in [3.05, 3.63) is 18.2 Å². The van der Waals surface area contributed by atoms with Gasteiger partial charge in [0.1, 0.15) is 0 Å². The average Bonchev–Trinajstić information content (AvgIpc) is 2.90. The fraction of sp³-hybridized carbons (Fsp3) is 0.562. The van der Waals surface area contributed by atoms with Crippen LogP contribution in [0.2, 0.25) is 0 Å². The molecule has 5 heteroatoms. The molecule has 1 aliphatic carbocycles. The fourth-order valence-corrected chi connectivity index (χ4v) is 3.26. The van der Waals surface area contributed by atoms with Gasteiger partial charge in [-0.05, 0) is 36.8 Å². The standard InChI is InChI=1S/C16H22N2O3/c1-10-4-3-5-11(2)15(10)18-16(19)17-12-6-7-13-14(8-12)21-9-20-13/h6-8,10-11,15H,3-5,9H2,1-2H3,(H2,17,18,19). The first kappa shape index (κ1) is 14.0. The van der Waals surface area contributed by atoms with E-state index in [1.807, 2.05) is 12.1 Å². The maximum Gasteiger partial charge on any atom is 0.319 e. The van der Waals surface area contributed by atoms with Crippen LogP contribution in [0, 0.1) is 11.8 Å². The molecule has 1 aromatic carbocycles. The fourth-order valence-electron chi connectivity index (χ4n) is 3.26. The summed E-state index contributed by atoms with van der Waals surface area (Å²) in [6.07, 6.45) is 3.61. The number of fused-ring (bicyclic) bond motifs is 1. The minimum Gasteiger partial charge on any atom is -0.454 e. The molecule has 2 N–H and O–H groups in total. The van der Waals surface area contributed by atoms with Crippen LogP contribution >= 0.6 is 0 Å². The summed E-state index contributed by atoms with van der Waals surface area (Å²) < 4.78 is 10.6. The predicted octanol–water partition coefficient (Wildman–Crippen LogP) is 3.36. The quantitative estimate of drug-likeness (QED) is 0.878. The molecule has 0 saturated heterocycles. The Balaban J connectivity index is 1.61. The molecule has 0 radical (unpaired) electrons. The van der Waals surface area contributed by atoms with Crippen molar-refractivity contribution in [3.8, 4) is 11.5 Å². The molecule has 3 rings (SSSR count). The number of urea groups is 1. The topological polar surface area (TPSA) is 59.6 Å². The van der Waals surface area contributed by atoms with Gasteiger partial charge >= 0.3 is 6.03 Å². The Bertz CT molecular complexity index is 522. The Morgan fingerprint density at radius 1 is 1.14 bits per heavy atom. The number of carbonyl (C=O) groups is 1. The largest absolute Gasteiger partial charge is 0.454 e. The van der Waals surface area contributed by atoms with Crippen molar-refractivity contribution in [1.82, 2.24) is 5.32 Å². The number of rotatable bonds is 2. The van der Waals surface area contributed by atoms with Gasteiger partial charge in [0.15, 0.2) is 11.5 Å². The Kier molecular flexibility index (Phi) is 3.90. The summed E-state index contributed by atoms with van der Waals surface area (Å²) in [5, 5.41) is 5.99. The molecule has 21 heavy (non-hydrogen) atoms. The molecule has 2 amide bonds. The molecular weight excluding hydrogens is 268 g/mol. The first-order chi connectivity index (χ1) is 10.1. The van der Waals surface area contributed by atoms with Gasteiger partial charge in [0.05, 0.1) is 0 Å². The van der Waals surface area contributed by atoms with Crippen molar-refractivity contribution in [2.75, 3.05) is 12.1 Å². The second-order valence-electron chi connectivity index (χ2n) is 6.08. The molecule has 2 atom stereocenters. The van der Waals surface area contributed by atoms with Crippen LogP contribution in [0.1, 0.15) is 33.1 Å². The van der Waals surface area contributed by atoms with E-state index in [1.165, 1.54) is 19.3 Å². The number of hydrogen-bond donors (Lipinski definition) is 2. The third-order valence-electron chi connectivity index (χ3n) is 4.47. The van der Waals surface area contributed by atoms with Crippen LogP contribution in [-0.2, 0) is 0 Å². The maximum atomic E-state index is 12.2. The van der Waals surface area contributed by atoms with Crippen LogP contribution in [0.5, 0.6) is 11.5 Å². The third-order valence-corrected chi connectivity index (χ3v) is 4.47. The maximum absolute atomic E-state index is 12.2. The zero-order valence-corrected chi connectivity index (χ0v) is 12.5. The van der Waals surface area contributed by atoms with E-state index >= 15 is 0 Å². The summed E-state index contributed by atoms with van der Waals surface area (Å²) in [5.41, 5.74) is 0.716. The molecule has 5 nitrogen and oxygen atoms in total. The third kappa shape index (κ3) is 3.06. The number of anilines is 1. The van der Waals surface area contributed by atoms with E-state index in [-0.39, 0.29) is 18.9 Å². The second-order valence-corrected chi connectivity index (χ2v) is 6.08. The van der Waals surface area contributed by atoms with Gasteiger partial charge in [-0.1, -0.05) is 20.3 Å². The normalized spacial score (nSPS) is 27.2. The number of hydrogen-bond acceptors (Lipinski definition) is 3. The van der Waals surface area contributed by atoms with Crippen molar-refractivity contribution in [3.63, 3.8) is 0 Å². The van der Waals surface area contributed by atoms with Gasteiger partial charge in [0.25, 0.3) is 0 Å². The summed E-state index contributed by atoms with van der Waals surface area (Å²) in [6.45, 7) is 4.66. The minimum atomic E-state index is -0.153. The highest BCUT2D eigenvalue weighted by molar-refractivity contribution is 5.89. The van der Waals surface area contributed by atoms with E-state index in [0.29, 0.717) is 23.3 Å². The lowest BCUT2D eigenvalue weighted by Crippen LogP contribution is -2.47. The van der Waals surface area contributed by atoms with Crippen molar-refractivity contribution in [2.24, 2.45) is 11.8 Å². The lowest BCUT2D eigenvalue weighted by Gasteiger charge is -2.35. The van der Waals surface area contributed by atoms with E-state index in [9.17, 15) is 4.79 Å². The smallest absolute Gasteiger partial charge is 0.319 e. The Labute approximate surface area is 125 Å². The summed E-state index contributed by atoms with van der Waals surface area (Å²) in [7, 11) is 0. The Morgan fingerprint density at radius 2 is 1.86 bits per heavy atom. The van der Waals surface area contributed by atoms with Gasteiger partial charge in [-0.2, -0.15) is 0 Å².